The fraction of sp³-hybridized carbons (Fsp3) is 0.0909. The number of anilines is 2. The van der Waals surface area contributed by atoms with Crippen molar-refractivity contribution in [2.45, 2.75) is 0 Å². The van der Waals surface area contributed by atoms with E-state index in [2.05, 4.69) is 5.32 Å². The predicted octanol–water partition coefficient (Wildman–Crippen LogP) is 3.46. The van der Waals surface area contributed by atoms with Gasteiger partial charge in [0.05, 0.1) is 17.6 Å². The molecule has 0 aliphatic rings. The Hall–Kier alpha value is -3.52. The van der Waals surface area contributed by atoms with Gasteiger partial charge >= 0.3 is 0 Å². The zero-order valence-corrected chi connectivity index (χ0v) is 16.9. The van der Waals surface area contributed by atoms with Gasteiger partial charge in [0.2, 0.25) is 15.9 Å². The lowest BCUT2D eigenvalue weighted by Gasteiger charge is -2.22. The second-order valence-electron chi connectivity index (χ2n) is 6.53. The Kier molecular flexibility index (Phi) is 6.27. The minimum Gasteiger partial charge on any atom is -0.324 e. The number of carbonyl (C=O) groups excluding carboxylic acids is 2. The summed E-state index contributed by atoms with van der Waals surface area (Å²) in [6.07, 6.45) is 0.955. The Morgan fingerprint density at radius 1 is 0.900 bits per heavy atom. The topological polar surface area (TPSA) is 83.6 Å². The lowest BCUT2D eigenvalue weighted by molar-refractivity contribution is -0.114. The summed E-state index contributed by atoms with van der Waals surface area (Å²) < 4.78 is 38.4. The molecular formula is C22H19FN2O4S. The number of para-hydroxylation sites is 1. The van der Waals surface area contributed by atoms with Crippen LogP contribution in [0.1, 0.15) is 15.9 Å². The molecule has 1 N–H and O–H groups in total. The lowest BCUT2D eigenvalue weighted by Crippen LogP contribution is -2.37. The summed E-state index contributed by atoms with van der Waals surface area (Å²) >= 11 is 0. The van der Waals surface area contributed by atoms with E-state index >= 15 is 0 Å². The van der Waals surface area contributed by atoms with Gasteiger partial charge in [0, 0.05) is 11.1 Å². The summed E-state index contributed by atoms with van der Waals surface area (Å²) in [6.45, 7) is -0.529. The number of nitrogens with zero attached hydrogens (tertiary/aromatic N) is 1. The van der Waals surface area contributed by atoms with E-state index in [4.69, 9.17) is 0 Å². The average Bonchev–Trinajstić information content (AvgIpc) is 2.72. The second-order valence-corrected chi connectivity index (χ2v) is 8.44. The molecule has 8 heteroatoms. The van der Waals surface area contributed by atoms with Crippen LogP contribution >= 0.6 is 0 Å². The third-order valence-electron chi connectivity index (χ3n) is 4.28. The maximum atomic E-state index is 13.2. The van der Waals surface area contributed by atoms with Crippen LogP contribution in [-0.4, -0.2) is 32.9 Å². The normalized spacial score (nSPS) is 11.0. The van der Waals surface area contributed by atoms with Crippen molar-refractivity contribution in [1.82, 2.24) is 0 Å². The largest absolute Gasteiger partial charge is 0.324 e. The molecule has 3 aromatic carbocycles. The van der Waals surface area contributed by atoms with Gasteiger partial charge < -0.3 is 5.32 Å². The molecule has 3 aromatic rings. The van der Waals surface area contributed by atoms with Crippen molar-refractivity contribution in [3.63, 3.8) is 0 Å². The van der Waals surface area contributed by atoms with Crippen LogP contribution in [0.15, 0.2) is 78.9 Å². The Balaban J connectivity index is 1.83. The van der Waals surface area contributed by atoms with Crippen LogP contribution < -0.4 is 9.62 Å². The van der Waals surface area contributed by atoms with Crippen molar-refractivity contribution in [2.75, 3.05) is 22.4 Å². The van der Waals surface area contributed by atoms with Crippen molar-refractivity contribution in [3.8, 4) is 0 Å². The first kappa shape index (κ1) is 21.2. The van der Waals surface area contributed by atoms with E-state index < -0.39 is 28.3 Å². The number of halogens is 1. The molecule has 3 rings (SSSR count). The summed E-state index contributed by atoms with van der Waals surface area (Å²) in [4.78, 5) is 25.4. The van der Waals surface area contributed by atoms with E-state index in [1.165, 1.54) is 12.1 Å². The maximum absolute atomic E-state index is 13.2. The van der Waals surface area contributed by atoms with Crippen LogP contribution in [0.3, 0.4) is 0 Å². The Morgan fingerprint density at radius 3 is 2.13 bits per heavy atom. The second kappa shape index (κ2) is 8.87. The molecule has 30 heavy (non-hydrogen) atoms. The molecule has 154 valence electrons. The number of amides is 1. The third-order valence-corrected chi connectivity index (χ3v) is 5.42. The smallest absolute Gasteiger partial charge is 0.245 e. The van der Waals surface area contributed by atoms with Gasteiger partial charge in [-0.2, -0.15) is 0 Å². The van der Waals surface area contributed by atoms with Gasteiger partial charge in [-0.1, -0.05) is 42.5 Å². The first-order valence-electron chi connectivity index (χ1n) is 8.97. The zero-order valence-electron chi connectivity index (χ0n) is 16.1. The molecule has 0 bridgehead atoms. The molecule has 0 heterocycles. The molecule has 0 aromatic heterocycles. The predicted molar refractivity (Wildman–Crippen MR) is 114 cm³/mol. The minimum atomic E-state index is -3.80. The highest BCUT2D eigenvalue weighted by Crippen LogP contribution is 2.21. The molecule has 0 unspecified atom stereocenters. The Labute approximate surface area is 174 Å². The van der Waals surface area contributed by atoms with Crippen LogP contribution in [0, 0.1) is 5.82 Å². The summed E-state index contributed by atoms with van der Waals surface area (Å²) in [5, 5.41) is 2.60. The minimum absolute atomic E-state index is 0.155. The third kappa shape index (κ3) is 5.09. The summed E-state index contributed by atoms with van der Waals surface area (Å²) in [5.74, 6) is -1.44. The number of ketones is 1. The number of nitrogens with one attached hydrogen (secondary N) is 1. The van der Waals surface area contributed by atoms with E-state index in [1.54, 1.807) is 54.6 Å². The molecule has 0 fully saturated rings. The van der Waals surface area contributed by atoms with Crippen molar-refractivity contribution < 1.29 is 22.4 Å². The van der Waals surface area contributed by atoms with E-state index in [-0.39, 0.29) is 22.7 Å². The maximum Gasteiger partial charge on any atom is 0.245 e. The van der Waals surface area contributed by atoms with Gasteiger partial charge in [-0.05, 0) is 36.4 Å². The first-order chi connectivity index (χ1) is 14.3. The van der Waals surface area contributed by atoms with Crippen LogP contribution in [-0.2, 0) is 14.8 Å². The average molecular weight is 426 g/mol. The van der Waals surface area contributed by atoms with E-state index in [0.717, 1.165) is 22.7 Å². The standard InChI is InChI=1S/C22H19FN2O4S/c1-30(28,29)25(18-13-11-17(23)12-14-18)15-21(26)24-20-10-6-5-9-19(20)22(27)16-7-3-2-4-8-16/h2-14H,15H2,1H3,(H,24,26). The van der Waals surface area contributed by atoms with Crippen LogP contribution in [0.4, 0.5) is 15.8 Å². The number of carbonyl (C=O) groups is 2. The van der Waals surface area contributed by atoms with Crippen molar-refractivity contribution in [1.29, 1.82) is 0 Å². The van der Waals surface area contributed by atoms with Gasteiger partial charge in [-0.25, -0.2) is 12.8 Å². The molecule has 0 saturated carbocycles. The summed E-state index contributed by atoms with van der Waals surface area (Å²) in [5.41, 5.74) is 1.17. The zero-order chi connectivity index (χ0) is 21.7. The van der Waals surface area contributed by atoms with E-state index in [9.17, 15) is 22.4 Å². The molecule has 0 aliphatic heterocycles. The monoisotopic (exact) mass is 426 g/mol. The van der Waals surface area contributed by atoms with Gasteiger partial charge in [-0.15, -0.1) is 0 Å². The van der Waals surface area contributed by atoms with Crippen molar-refractivity contribution >= 4 is 33.1 Å². The van der Waals surface area contributed by atoms with Crippen LogP contribution in [0.2, 0.25) is 0 Å². The summed E-state index contributed by atoms with van der Waals surface area (Å²) in [6, 6.07) is 19.9. The molecule has 0 saturated heterocycles. The molecule has 6 nitrogen and oxygen atoms in total. The molecular weight excluding hydrogens is 407 g/mol. The van der Waals surface area contributed by atoms with Crippen molar-refractivity contribution in [3.05, 3.63) is 95.8 Å². The van der Waals surface area contributed by atoms with Gasteiger partial charge in [0.1, 0.15) is 12.4 Å². The number of sulfonamides is 1. The molecule has 1 amide bonds. The van der Waals surface area contributed by atoms with Gasteiger partial charge in [-0.3, -0.25) is 13.9 Å². The molecule has 0 atom stereocenters. The fourth-order valence-electron chi connectivity index (χ4n) is 2.86. The molecule has 0 radical (unpaired) electrons. The highest BCUT2D eigenvalue weighted by Gasteiger charge is 2.22. The number of hydrogen-bond acceptors (Lipinski definition) is 4. The lowest BCUT2D eigenvalue weighted by atomic mass is 10.0. The van der Waals surface area contributed by atoms with Crippen LogP contribution in [0.5, 0.6) is 0 Å². The number of benzene rings is 3. The van der Waals surface area contributed by atoms with E-state index in [0.29, 0.717) is 5.56 Å². The van der Waals surface area contributed by atoms with E-state index in [1.807, 2.05) is 0 Å². The SMILES string of the molecule is CS(=O)(=O)N(CC(=O)Nc1ccccc1C(=O)c1ccccc1)c1ccc(F)cc1. The quantitative estimate of drug-likeness (QED) is 0.587. The molecule has 0 spiro atoms. The Morgan fingerprint density at radius 2 is 1.50 bits per heavy atom. The van der Waals surface area contributed by atoms with Gasteiger partial charge in [0.25, 0.3) is 0 Å². The Bertz CT molecular complexity index is 1160. The summed E-state index contributed by atoms with van der Waals surface area (Å²) in [7, 11) is -3.80. The van der Waals surface area contributed by atoms with Crippen LogP contribution in [0.25, 0.3) is 0 Å². The highest BCUT2D eigenvalue weighted by atomic mass is 32.2. The van der Waals surface area contributed by atoms with Crippen molar-refractivity contribution in [2.24, 2.45) is 0 Å². The highest BCUT2D eigenvalue weighted by molar-refractivity contribution is 7.92. The number of hydrogen-bond donors (Lipinski definition) is 1. The number of rotatable bonds is 7. The molecule has 0 aliphatic carbocycles. The van der Waals surface area contributed by atoms with Gasteiger partial charge in [0.15, 0.2) is 5.78 Å². The first-order valence-corrected chi connectivity index (χ1v) is 10.8. The fourth-order valence-corrected chi connectivity index (χ4v) is 3.72.